The van der Waals surface area contributed by atoms with E-state index in [4.69, 9.17) is 9.47 Å². The lowest BCUT2D eigenvalue weighted by atomic mass is 10.0. The number of methoxy groups -OCH3 is 2. The Morgan fingerprint density at radius 3 is 2.38 bits per heavy atom. The number of benzene rings is 3. The van der Waals surface area contributed by atoms with E-state index in [0.29, 0.717) is 23.6 Å². The third-order valence-electron chi connectivity index (χ3n) is 5.22. The van der Waals surface area contributed by atoms with Crippen LogP contribution in [0.3, 0.4) is 0 Å². The van der Waals surface area contributed by atoms with Crippen molar-refractivity contribution in [3.63, 3.8) is 0 Å². The molecule has 1 atom stereocenters. The van der Waals surface area contributed by atoms with E-state index in [-0.39, 0.29) is 12.1 Å². The second-order valence-corrected chi connectivity index (χ2v) is 7.13. The van der Waals surface area contributed by atoms with E-state index < -0.39 is 0 Å². The van der Waals surface area contributed by atoms with Gasteiger partial charge >= 0.3 is 0 Å². The minimum absolute atomic E-state index is 0.000269. The fourth-order valence-electron chi connectivity index (χ4n) is 3.63. The van der Waals surface area contributed by atoms with E-state index >= 15 is 0 Å². The smallest absolute Gasteiger partial charge is 0.258 e. The van der Waals surface area contributed by atoms with Crippen LogP contribution in [-0.2, 0) is 6.54 Å². The highest BCUT2D eigenvalue weighted by molar-refractivity contribution is 6.01. The summed E-state index contributed by atoms with van der Waals surface area (Å²) in [5.74, 6) is 1.29. The predicted octanol–water partition coefficient (Wildman–Crippen LogP) is 4.78. The van der Waals surface area contributed by atoms with Gasteiger partial charge in [-0.05, 0) is 42.3 Å². The van der Waals surface area contributed by atoms with Crippen molar-refractivity contribution in [2.24, 2.45) is 0 Å². The second-order valence-electron chi connectivity index (χ2n) is 7.13. The molecule has 148 valence electrons. The molecule has 1 aliphatic rings. The Bertz CT molecular complexity index is 1030. The zero-order valence-electron chi connectivity index (χ0n) is 16.8. The highest BCUT2D eigenvalue weighted by Gasteiger charge is 2.33. The molecule has 1 N–H and O–H groups in total. The number of para-hydroxylation sites is 1. The van der Waals surface area contributed by atoms with Gasteiger partial charge in [0.05, 0.1) is 19.8 Å². The summed E-state index contributed by atoms with van der Waals surface area (Å²) in [5.41, 5.74) is 4.71. The molecule has 0 bridgehead atoms. The van der Waals surface area contributed by atoms with Gasteiger partial charge < -0.3 is 19.7 Å². The van der Waals surface area contributed by atoms with E-state index in [0.717, 1.165) is 16.8 Å². The zero-order valence-corrected chi connectivity index (χ0v) is 16.8. The number of nitrogens with one attached hydrogen (secondary N) is 1. The minimum Gasteiger partial charge on any atom is -0.493 e. The summed E-state index contributed by atoms with van der Waals surface area (Å²) < 4.78 is 10.8. The Morgan fingerprint density at radius 1 is 0.931 bits per heavy atom. The SMILES string of the molecule is COc1ccc([C@H]2Nc3ccccc3C(=O)N2Cc2ccc(C)cc2)cc1OC. The molecule has 0 unspecified atom stereocenters. The van der Waals surface area contributed by atoms with Crippen LogP contribution in [0, 0.1) is 6.92 Å². The Morgan fingerprint density at radius 2 is 1.66 bits per heavy atom. The summed E-state index contributed by atoms with van der Waals surface area (Å²) in [4.78, 5) is 15.2. The summed E-state index contributed by atoms with van der Waals surface area (Å²) in [7, 11) is 3.22. The number of hydrogen-bond acceptors (Lipinski definition) is 4. The summed E-state index contributed by atoms with van der Waals surface area (Å²) in [5, 5.41) is 3.52. The summed E-state index contributed by atoms with van der Waals surface area (Å²) in [6.07, 6.45) is -0.321. The first-order valence-electron chi connectivity index (χ1n) is 9.54. The van der Waals surface area contributed by atoms with Crippen LogP contribution < -0.4 is 14.8 Å². The average Bonchev–Trinajstić information content (AvgIpc) is 2.76. The van der Waals surface area contributed by atoms with Crippen LogP contribution in [0.1, 0.15) is 33.2 Å². The van der Waals surface area contributed by atoms with Gasteiger partial charge in [0.25, 0.3) is 5.91 Å². The van der Waals surface area contributed by atoms with Gasteiger partial charge in [-0.3, -0.25) is 4.79 Å². The van der Waals surface area contributed by atoms with Crippen LogP contribution in [0.5, 0.6) is 11.5 Å². The number of hydrogen-bond donors (Lipinski definition) is 1. The number of aryl methyl sites for hydroxylation is 1. The van der Waals surface area contributed by atoms with Gasteiger partial charge in [0.15, 0.2) is 11.5 Å². The monoisotopic (exact) mass is 388 g/mol. The largest absolute Gasteiger partial charge is 0.493 e. The Hall–Kier alpha value is -3.47. The van der Waals surface area contributed by atoms with Crippen LogP contribution in [0.4, 0.5) is 5.69 Å². The highest BCUT2D eigenvalue weighted by atomic mass is 16.5. The normalized spacial score (nSPS) is 15.5. The molecule has 5 nitrogen and oxygen atoms in total. The average molecular weight is 388 g/mol. The quantitative estimate of drug-likeness (QED) is 0.683. The van der Waals surface area contributed by atoms with Crippen LogP contribution in [0.25, 0.3) is 0 Å². The maximum atomic E-state index is 13.4. The van der Waals surface area contributed by atoms with E-state index in [1.54, 1.807) is 14.2 Å². The Kier molecular flexibility index (Phi) is 5.12. The van der Waals surface area contributed by atoms with E-state index in [2.05, 4.69) is 36.5 Å². The van der Waals surface area contributed by atoms with Crippen molar-refractivity contribution >= 4 is 11.6 Å². The zero-order chi connectivity index (χ0) is 20.4. The predicted molar refractivity (Wildman–Crippen MR) is 113 cm³/mol. The number of carbonyl (C=O) groups excluding carboxylic acids is 1. The fourth-order valence-corrected chi connectivity index (χ4v) is 3.63. The van der Waals surface area contributed by atoms with E-state index in [1.165, 1.54) is 5.56 Å². The van der Waals surface area contributed by atoms with Gasteiger partial charge in [0.1, 0.15) is 6.17 Å². The lowest BCUT2D eigenvalue weighted by Gasteiger charge is -2.38. The molecular weight excluding hydrogens is 364 g/mol. The van der Waals surface area contributed by atoms with Crippen molar-refractivity contribution in [2.75, 3.05) is 19.5 Å². The van der Waals surface area contributed by atoms with Crippen molar-refractivity contribution in [1.29, 1.82) is 0 Å². The molecule has 1 heterocycles. The first-order valence-corrected chi connectivity index (χ1v) is 9.54. The van der Waals surface area contributed by atoms with Gasteiger partial charge in [-0.15, -0.1) is 0 Å². The molecule has 29 heavy (non-hydrogen) atoms. The molecule has 4 rings (SSSR count). The molecule has 0 aromatic heterocycles. The first-order chi connectivity index (χ1) is 14.1. The molecule has 3 aromatic carbocycles. The van der Waals surface area contributed by atoms with E-state index in [9.17, 15) is 4.79 Å². The Labute approximate surface area is 170 Å². The van der Waals surface area contributed by atoms with Gasteiger partial charge in [0, 0.05) is 12.2 Å². The summed E-state index contributed by atoms with van der Waals surface area (Å²) in [6, 6.07) is 21.6. The van der Waals surface area contributed by atoms with Gasteiger partial charge in [-0.25, -0.2) is 0 Å². The third-order valence-corrected chi connectivity index (χ3v) is 5.22. The highest BCUT2D eigenvalue weighted by Crippen LogP contribution is 2.37. The lowest BCUT2D eigenvalue weighted by molar-refractivity contribution is 0.0666. The molecule has 3 aromatic rings. The molecule has 0 aliphatic carbocycles. The molecule has 0 fully saturated rings. The molecule has 1 aliphatic heterocycles. The maximum absolute atomic E-state index is 13.4. The number of fused-ring (bicyclic) bond motifs is 1. The molecule has 0 saturated carbocycles. The second kappa shape index (κ2) is 7.87. The van der Waals surface area contributed by atoms with E-state index in [1.807, 2.05) is 47.4 Å². The number of anilines is 1. The van der Waals surface area contributed by atoms with Crippen LogP contribution >= 0.6 is 0 Å². The number of ether oxygens (including phenoxy) is 2. The third kappa shape index (κ3) is 3.63. The Balaban J connectivity index is 1.76. The molecular formula is C24H24N2O3. The lowest BCUT2D eigenvalue weighted by Crippen LogP contribution is -2.42. The number of nitrogens with zero attached hydrogens (tertiary/aromatic N) is 1. The van der Waals surface area contributed by atoms with Gasteiger partial charge in [-0.2, -0.15) is 0 Å². The summed E-state index contributed by atoms with van der Waals surface area (Å²) in [6.45, 7) is 2.56. The van der Waals surface area contributed by atoms with Crippen LogP contribution in [0.15, 0.2) is 66.7 Å². The minimum atomic E-state index is -0.321. The van der Waals surface area contributed by atoms with Crippen molar-refractivity contribution in [1.82, 2.24) is 4.90 Å². The van der Waals surface area contributed by atoms with Crippen molar-refractivity contribution < 1.29 is 14.3 Å². The molecule has 1 amide bonds. The van der Waals surface area contributed by atoms with Gasteiger partial charge in [0.2, 0.25) is 0 Å². The molecule has 0 spiro atoms. The number of rotatable bonds is 5. The van der Waals surface area contributed by atoms with Crippen molar-refractivity contribution in [3.8, 4) is 11.5 Å². The summed E-state index contributed by atoms with van der Waals surface area (Å²) >= 11 is 0. The molecule has 0 radical (unpaired) electrons. The van der Waals surface area contributed by atoms with Crippen LogP contribution in [-0.4, -0.2) is 25.0 Å². The first kappa shape index (κ1) is 18.9. The van der Waals surface area contributed by atoms with Crippen LogP contribution in [0.2, 0.25) is 0 Å². The van der Waals surface area contributed by atoms with Crippen molar-refractivity contribution in [2.45, 2.75) is 19.6 Å². The molecule has 0 saturated heterocycles. The number of amides is 1. The van der Waals surface area contributed by atoms with Crippen molar-refractivity contribution in [3.05, 3.63) is 89.0 Å². The van der Waals surface area contributed by atoms with Gasteiger partial charge in [-0.1, -0.05) is 48.0 Å². The molecule has 5 heteroatoms. The fraction of sp³-hybridized carbons (Fsp3) is 0.208. The maximum Gasteiger partial charge on any atom is 0.258 e. The number of carbonyl (C=O) groups is 1. The standard InChI is InChI=1S/C24H24N2O3/c1-16-8-10-17(11-9-16)15-26-23(18-12-13-21(28-2)22(14-18)29-3)25-20-7-5-4-6-19(20)24(26)27/h4-14,23,25H,15H2,1-3H3/t23-/m0/s1. The topological polar surface area (TPSA) is 50.8 Å².